The molecule has 4 aromatic rings. The van der Waals surface area contributed by atoms with Gasteiger partial charge in [0.2, 0.25) is 9.84 Å². The Morgan fingerprint density at radius 3 is 2.33 bits per heavy atom. The fourth-order valence-corrected chi connectivity index (χ4v) is 4.63. The first kappa shape index (κ1) is 20.2. The quantitative estimate of drug-likeness (QED) is 0.427. The first-order valence-electron chi connectivity index (χ1n) is 9.19. The number of hydrogen-bond acceptors (Lipinski definition) is 5. The highest BCUT2D eigenvalue weighted by Crippen LogP contribution is 2.36. The van der Waals surface area contributed by atoms with Crippen molar-refractivity contribution in [1.82, 2.24) is 4.98 Å². The minimum atomic E-state index is -3.82. The summed E-state index contributed by atoms with van der Waals surface area (Å²) in [5.41, 5.74) is 2.77. The molecule has 1 N–H and O–H groups in total. The number of rotatable bonds is 5. The molecule has 0 amide bonds. The summed E-state index contributed by atoms with van der Waals surface area (Å²) in [6.45, 7) is 1.91. The third-order valence-corrected chi connectivity index (χ3v) is 6.81. The lowest BCUT2D eigenvalue weighted by molar-refractivity contribution is 0.415. The van der Waals surface area contributed by atoms with Crippen LogP contribution >= 0.6 is 11.6 Å². The number of fused-ring (bicyclic) bond motifs is 1. The van der Waals surface area contributed by atoms with Gasteiger partial charge in [-0.3, -0.25) is 4.98 Å². The second kappa shape index (κ2) is 7.97. The third-order valence-electron chi connectivity index (χ3n) is 4.77. The lowest BCUT2D eigenvalue weighted by Crippen LogP contribution is -2.07. The number of nitrogens with zero attached hydrogens (tertiary/aromatic N) is 1. The summed E-state index contributed by atoms with van der Waals surface area (Å²) in [4.78, 5) is 4.68. The number of sulfone groups is 1. The molecule has 0 atom stereocenters. The van der Waals surface area contributed by atoms with Crippen LogP contribution in [0.3, 0.4) is 0 Å². The molecule has 0 saturated carbocycles. The van der Waals surface area contributed by atoms with Gasteiger partial charge >= 0.3 is 0 Å². The predicted octanol–water partition coefficient (Wildman–Crippen LogP) is 5.78. The second-order valence-corrected chi connectivity index (χ2v) is 9.18. The van der Waals surface area contributed by atoms with Gasteiger partial charge in [0.15, 0.2) is 0 Å². The molecule has 30 heavy (non-hydrogen) atoms. The molecular weight excluding hydrogens is 420 g/mol. The van der Waals surface area contributed by atoms with Crippen LogP contribution in [0.4, 0.5) is 11.4 Å². The molecule has 4 rings (SSSR count). The normalized spacial score (nSPS) is 11.4. The predicted molar refractivity (Wildman–Crippen MR) is 120 cm³/mol. The zero-order chi connectivity index (χ0) is 21.3. The Kier molecular flexibility index (Phi) is 5.37. The molecule has 152 valence electrons. The summed E-state index contributed by atoms with van der Waals surface area (Å²) in [5, 5.41) is 4.48. The van der Waals surface area contributed by atoms with Gasteiger partial charge in [-0.1, -0.05) is 29.3 Å². The van der Waals surface area contributed by atoms with Crippen LogP contribution in [0.5, 0.6) is 5.75 Å². The molecule has 0 bridgehead atoms. The molecule has 0 aliphatic carbocycles. The Morgan fingerprint density at radius 2 is 1.67 bits per heavy atom. The number of hydrogen-bond donors (Lipinski definition) is 1. The molecule has 0 unspecified atom stereocenters. The van der Waals surface area contributed by atoms with E-state index in [2.05, 4.69) is 10.3 Å². The van der Waals surface area contributed by atoms with Gasteiger partial charge in [0.1, 0.15) is 10.6 Å². The SMILES string of the molecule is COc1ccc2ncc(S(=O)(=O)c3ccc(C)cc3)c(Nc3ccc(Cl)cc3)c2c1. The Bertz CT molecular complexity index is 1320. The Morgan fingerprint density at radius 1 is 0.967 bits per heavy atom. The Balaban J connectivity index is 1.96. The minimum Gasteiger partial charge on any atom is -0.497 e. The van der Waals surface area contributed by atoms with Crippen molar-refractivity contribution in [3.63, 3.8) is 0 Å². The average Bonchev–Trinajstić information content (AvgIpc) is 2.75. The molecule has 0 spiro atoms. The molecule has 0 fully saturated rings. The molecule has 0 aliphatic rings. The highest BCUT2D eigenvalue weighted by molar-refractivity contribution is 7.91. The maximum atomic E-state index is 13.5. The summed E-state index contributed by atoms with van der Waals surface area (Å²) in [6.07, 6.45) is 1.39. The van der Waals surface area contributed by atoms with Gasteiger partial charge < -0.3 is 10.1 Å². The summed E-state index contributed by atoms with van der Waals surface area (Å²) >= 11 is 6.00. The zero-order valence-corrected chi connectivity index (χ0v) is 18.0. The number of pyridine rings is 1. The van der Waals surface area contributed by atoms with Crippen LogP contribution in [0.1, 0.15) is 5.56 Å². The van der Waals surface area contributed by atoms with E-state index in [1.165, 1.54) is 6.20 Å². The van der Waals surface area contributed by atoms with E-state index in [-0.39, 0.29) is 9.79 Å². The highest BCUT2D eigenvalue weighted by atomic mass is 35.5. The van der Waals surface area contributed by atoms with Crippen LogP contribution in [-0.4, -0.2) is 20.5 Å². The van der Waals surface area contributed by atoms with Crippen LogP contribution in [0.2, 0.25) is 5.02 Å². The van der Waals surface area contributed by atoms with E-state index in [9.17, 15) is 8.42 Å². The van der Waals surface area contributed by atoms with E-state index in [0.717, 1.165) is 5.56 Å². The Hall–Kier alpha value is -3.09. The number of ether oxygens (including phenoxy) is 1. The molecule has 0 aliphatic heterocycles. The summed E-state index contributed by atoms with van der Waals surface area (Å²) in [5.74, 6) is 0.605. The van der Waals surface area contributed by atoms with Crippen molar-refractivity contribution in [3.8, 4) is 5.75 Å². The van der Waals surface area contributed by atoms with Gasteiger partial charge in [-0.15, -0.1) is 0 Å². The monoisotopic (exact) mass is 438 g/mol. The van der Waals surface area contributed by atoms with Crippen molar-refractivity contribution >= 4 is 43.7 Å². The largest absolute Gasteiger partial charge is 0.497 e. The first-order valence-corrected chi connectivity index (χ1v) is 11.1. The van der Waals surface area contributed by atoms with E-state index in [1.54, 1.807) is 73.8 Å². The fraction of sp³-hybridized carbons (Fsp3) is 0.0870. The molecular formula is C23H19ClN2O3S. The fourth-order valence-electron chi connectivity index (χ4n) is 3.14. The van der Waals surface area contributed by atoms with Crippen molar-refractivity contribution in [2.75, 3.05) is 12.4 Å². The van der Waals surface area contributed by atoms with Gasteiger partial charge in [-0.05, 0) is 61.5 Å². The van der Waals surface area contributed by atoms with Crippen LogP contribution < -0.4 is 10.1 Å². The standard InChI is InChI=1S/C23H19ClN2O3S/c1-15-3-10-19(11-4-15)30(27,28)22-14-25-21-12-9-18(29-2)13-20(21)23(22)26-17-7-5-16(24)6-8-17/h3-14H,1-2H3,(H,25,26). The summed E-state index contributed by atoms with van der Waals surface area (Å²) in [6, 6.07) is 19.2. The van der Waals surface area contributed by atoms with Crippen molar-refractivity contribution in [3.05, 3.63) is 83.5 Å². The average molecular weight is 439 g/mol. The van der Waals surface area contributed by atoms with Gasteiger partial charge in [0.05, 0.1) is 23.2 Å². The van der Waals surface area contributed by atoms with Crippen molar-refractivity contribution in [1.29, 1.82) is 0 Å². The number of anilines is 2. The lowest BCUT2D eigenvalue weighted by Gasteiger charge is -2.16. The number of methoxy groups -OCH3 is 1. The molecule has 0 radical (unpaired) electrons. The maximum absolute atomic E-state index is 13.5. The van der Waals surface area contributed by atoms with E-state index in [1.807, 2.05) is 6.92 Å². The van der Waals surface area contributed by atoms with Gasteiger partial charge in [0.25, 0.3) is 0 Å². The lowest BCUT2D eigenvalue weighted by atomic mass is 10.1. The summed E-state index contributed by atoms with van der Waals surface area (Å²) in [7, 11) is -2.25. The van der Waals surface area contributed by atoms with E-state index < -0.39 is 9.84 Å². The van der Waals surface area contributed by atoms with Gasteiger partial charge in [-0.2, -0.15) is 0 Å². The molecule has 1 aromatic heterocycles. The smallest absolute Gasteiger partial charge is 0.210 e. The first-order chi connectivity index (χ1) is 14.4. The number of nitrogens with one attached hydrogen (secondary N) is 1. The Labute approximate surface area is 180 Å². The number of aromatic nitrogens is 1. The third kappa shape index (κ3) is 3.84. The van der Waals surface area contributed by atoms with Crippen LogP contribution in [0.15, 0.2) is 82.7 Å². The van der Waals surface area contributed by atoms with Crippen LogP contribution in [0, 0.1) is 6.92 Å². The van der Waals surface area contributed by atoms with E-state index in [4.69, 9.17) is 16.3 Å². The zero-order valence-electron chi connectivity index (χ0n) is 16.4. The molecule has 1 heterocycles. The van der Waals surface area contributed by atoms with Crippen molar-refractivity contribution < 1.29 is 13.2 Å². The van der Waals surface area contributed by atoms with Gasteiger partial charge in [0, 0.05) is 22.3 Å². The molecule has 5 nitrogen and oxygen atoms in total. The van der Waals surface area contributed by atoms with Crippen LogP contribution in [0.25, 0.3) is 10.9 Å². The molecule has 3 aromatic carbocycles. The second-order valence-electron chi connectivity index (χ2n) is 6.83. The summed E-state index contributed by atoms with van der Waals surface area (Å²) < 4.78 is 32.3. The maximum Gasteiger partial charge on any atom is 0.210 e. The minimum absolute atomic E-state index is 0.0852. The number of halogens is 1. The molecule has 7 heteroatoms. The number of aryl methyl sites for hydroxylation is 1. The van der Waals surface area contributed by atoms with E-state index >= 15 is 0 Å². The van der Waals surface area contributed by atoms with Crippen molar-refractivity contribution in [2.24, 2.45) is 0 Å². The molecule has 0 saturated heterocycles. The van der Waals surface area contributed by atoms with E-state index in [0.29, 0.717) is 33.0 Å². The van der Waals surface area contributed by atoms with Gasteiger partial charge in [-0.25, -0.2) is 8.42 Å². The number of benzene rings is 3. The van der Waals surface area contributed by atoms with Crippen LogP contribution in [-0.2, 0) is 9.84 Å². The van der Waals surface area contributed by atoms with Crippen molar-refractivity contribution in [2.45, 2.75) is 16.7 Å². The highest BCUT2D eigenvalue weighted by Gasteiger charge is 2.24. The topological polar surface area (TPSA) is 68.3 Å².